The molecule has 5 nitrogen and oxygen atoms in total. The van der Waals surface area contributed by atoms with Gasteiger partial charge in [0.2, 0.25) is 0 Å². The summed E-state index contributed by atoms with van der Waals surface area (Å²) in [5, 5.41) is 9.10. The highest BCUT2D eigenvalue weighted by atomic mass is 16.1. The van der Waals surface area contributed by atoms with Crippen LogP contribution in [0.15, 0.2) is 30.3 Å². The molecule has 2 rings (SSSR count). The standard InChI is InChI=1S/C13H16N4O/c1-9-3-2-4-10(7-9)5-6-15-13(18)11-8-12(14)17-16-11/h2-4,7-8H,5-6H2,1H3,(H,15,18)(H3,14,16,17). The van der Waals surface area contributed by atoms with E-state index in [4.69, 9.17) is 5.73 Å². The van der Waals surface area contributed by atoms with E-state index in [0.29, 0.717) is 18.1 Å². The Morgan fingerprint density at radius 2 is 2.28 bits per heavy atom. The van der Waals surface area contributed by atoms with Crippen LogP contribution < -0.4 is 11.1 Å². The van der Waals surface area contributed by atoms with E-state index >= 15 is 0 Å². The molecule has 1 heterocycles. The third kappa shape index (κ3) is 3.10. The third-order valence-corrected chi connectivity index (χ3v) is 2.62. The lowest BCUT2D eigenvalue weighted by Gasteiger charge is -2.04. The van der Waals surface area contributed by atoms with Crippen molar-refractivity contribution in [1.29, 1.82) is 0 Å². The maximum absolute atomic E-state index is 11.7. The van der Waals surface area contributed by atoms with Gasteiger partial charge in [0, 0.05) is 12.6 Å². The minimum Gasteiger partial charge on any atom is -0.382 e. The smallest absolute Gasteiger partial charge is 0.269 e. The van der Waals surface area contributed by atoms with Gasteiger partial charge in [-0.3, -0.25) is 9.89 Å². The van der Waals surface area contributed by atoms with Crippen LogP contribution in [0.3, 0.4) is 0 Å². The van der Waals surface area contributed by atoms with Gasteiger partial charge in [0.1, 0.15) is 11.5 Å². The Hall–Kier alpha value is -2.30. The summed E-state index contributed by atoms with van der Waals surface area (Å²) >= 11 is 0. The van der Waals surface area contributed by atoms with Gasteiger partial charge in [-0.15, -0.1) is 0 Å². The van der Waals surface area contributed by atoms with Gasteiger partial charge in [-0.1, -0.05) is 29.8 Å². The number of carbonyl (C=O) groups excluding carboxylic acids is 1. The van der Waals surface area contributed by atoms with E-state index in [1.807, 2.05) is 12.1 Å². The molecule has 0 aliphatic carbocycles. The molecule has 0 aliphatic rings. The molecule has 5 heteroatoms. The van der Waals surface area contributed by atoms with Crippen molar-refractivity contribution >= 4 is 11.7 Å². The minimum absolute atomic E-state index is 0.188. The molecule has 0 atom stereocenters. The molecule has 0 spiro atoms. The summed E-state index contributed by atoms with van der Waals surface area (Å²) in [6.45, 7) is 2.64. The summed E-state index contributed by atoms with van der Waals surface area (Å²) in [6.07, 6.45) is 0.803. The molecule has 1 aromatic heterocycles. The van der Waals surface area contributed by atoms with E-state index in [1.54, 1.807) is 0 Å². The van der Waals surface area contributed by atoms with Gasteiger partial charge in [0.05, 0.1) is 0 Å². The Morgan fingerprint density at radius 1 is 1.44 bits per heavy atom. The van der Waals surface area contributed by atoms with Crippen LogP contribution in [0.4, 0.5) is 5.82 Å². The normalized spacial score (nSPS) is 10.3. The van der Waals surface area contributed by atoms with Crippen LogP contribution in [0, 0.1) is 6.92 Å². The number of hydrogen-bond acceptors (Lipinski definition) is 3. The van der Waals surface area contributed by atoms with Crippen LogP contribution in [0.5, 0.6) is 0 Å². The van der Waals surface area contributed by atoms with Crippen LogP contribution >= 0.6 is 0 Å². The lowest BCUT2D eigenvalue weighted by molar-refractivity contribution is 0.0949. The molecule has 0 aliphatic heterocycles. The van der Waals surface area contributed by atoms with Gasteiger partial charge in [-0.05, 0) is 18.9 Å². The number of nitrogens with two attached hydrogens (primary N) is 1. The third-order valence-electron chi connectivity index (χ3n) is 2.62. The van der Waals surface area contributed by atoms with E-state index in [9.17, 15) is 4.79 Å². The molecule has 0 fully saturated rings. The molecule has 0 bridgehead atoms. The number of nitrogen functional groups attached to an aromatic ring is 1. The number of aromatic nitrogens is 2. The zero-order valence-corrected chi connectivity index (χ0v) is 10.2. The van der Waals surface area contributed by atoms with Gasteiger partial charge >= 0.3 is 0 Å². The molecule has 0 saturated heterocycles. The first kappa shape index (κ1) is 12.2. The second-order valence-corrected chi connectivity index (χ2v) is 4.20. The fraction of sp³-hybridized carbons (Fsp3) is 0.231. The second kappa shape index (κ2) is 5.35. The molecule has 94 valence electrons. The Balaban J connectivity index is 1.84. The summed E-state index contributed by atoms with van der Waals surface area (Å²) in [5.41, 5.74) is 8.25. The van der Waals surface area contributed by atoms with Crippen LogP contribution in [-0.2, 0) is 6.42 Å². The van der Waals surface area contributed by atoms with Gasteiger partial charge in [0.25, 0.3) is 5.91 Å². The maximum Gasteiger partial charge on any atom is 0.269 e. The molecule has 4 N–H and O–H groups in total. The second-order valence-electron chi connectivity index (χ2n) is 4.20. The molecule has 0 radical (unpaired) electrons. The highest BCUT2D eigenvalue weighted by Crippen LogP contribution is 2.04. The maximum atomic E-state index is 11.7. The van der Waals surface area contributed by atoms with E-state index < -0.39 is 0 Å². The van der Waals surface area contributed by atoms with Crippen molar-refractivity contribution in [3.8, 4) is 0 Å². The molecule has 0 unspecified atom stereocenters. The summed E-state index contributed by atoms with van der Waals surface area (Å²) < 4.78 is 0. The average Bonchev–Trinajstić information content (AvgIpc) is 2.76. The van der Waals surface area contributed by atoms with Gasteiger partial charge in [-0.2, -0.15) is 5.10 Å². The SMILES string of the molecule is Cc1cccc(CCNC(=O)c2cc(N)n[nH]2)c1. The lowest BCUT2D eigenvalue weighted by Crippen LogP contribution is -2.26. The van der Waals surface area contributed by atoms with Gasteiger partial charge in [0.15, 0.2) is 0 Å². The fourth-order valence-corrected chi connectivity index (χ4v) is 1.74. The number of benzene rings is 1. The Morgan fingerprint density at radius 3 is 2.94 bits per heavy atom. The van der Waals surface area contributed by atoms with Crippen molar-refractivity contribution in [2.24, 2.45) is 0 Å². The number of hydrogen-bond donors (Lipinski definition) is 3. The fourth-order valence-electron chi connectivity index (χ4n) is 1.74. The average molecular weight is 244 g/mol. The van der Waals surface area contributed by atoms with E-state index in [1.165, 1.54) is 17.2 Å². The van der Waals surface area contributed by atoms with E-state index in [0.717, 1.165) is 6.42 Å². The number of nitrogens with zero attached hydrogens (tertiary/aromatic N) is 1. The predicted octanol–water partition coefficient (Wildman–Crippen LogP) is 1.27. The topological polar surface area (TPSA) is 83.8 Å². The lowest BCUT2D eigenvalue weighted by atomic mass is 10.1. The first-order valence-corrected chi connectivity index (χ1v) is 5.80. The highest BCUT2D eigenvalue weighted by molar-refractivity contribution is 5.92. The van der Waals surface area contributed by atoms with Crippen molar-refractivity contribution in [2.75, 3.05) is 12.3 Å². The first-order chi connectivity index (χ1) is 8.65. The summed E-state index contributed by atoms with van der Waals surface area (Å²) in [5.74, 6) is 0.130. The molecule has 1 amide bonds. The number of amides is 1. The molecular weight excluding hydrogens is 228 g/mol. The number of H-pyrrole nitrogens is 1. The van der Waals surface area contributed by atoms with Crippen LogP contribution in [0.1, 0.15) is 21.6 Å². The number of nitrogens with one attached hydrogen (secondary N) is 2. The number of aryl methyl sites for hydroxylation is 1. The summed E-state index contributed by atoms with van der Waals surface area (Å²) in [6, 6.07) is 9.74. The van der Waals surface area contributed by atoms with Crippen LogP contribution in [0.2, 0.25) is 0 Å². The summed E-state index contributed by atoms with van der Waals surface area (Å²) in [4.78, 5) is 11.7. The number of aromatic amines is 1. The van der Waals surface area contributed by atoms with Crippen molar-refractivity contribution in [1.82, 2.24) is 15.5 Å². The first-order valence-electron chi connectivity index (χ1n) is 5.80. The van der Waals surface area contributed by atoms with E-state index in [-0.39, 0.29) is 5.91 Å². The Bertz CT molecular complexity index is 547. The molecular formula is C13H16N4O. The van der Waals surface area contributed by atoms with Crippen molar-refractivity contribution in [3.63, 3.8) is 0 Å². The van der Waals surface area contributed by atoms with Crippen LogP contribution in [-0.4, -0.2) is 22.6 Å². The van der Waals surface area contributed by atoms with Gasteiger partial charge < -0.3 is 11.1 Å². The molecule has 0 saturated carbocycles. The predicted molar refractivity (Wildman–Crippen MR) is 70.2 cm³/mol. The molecule has 1 aromatic carbocycles. The van der Waals surface area contributed by atoms with Crippen molar-refractivity contribution in [3.05, 3.63) is 47.2 Å². The van der Waals surface area contributed by atoms with Crippen molar-refractivity contribution < 1.29 is 4.79 Å². The number of rotatable bonds is 4. The molecule has 2 aromatic rings. The van der Waals surface area contributed by atoms with E-state index in [2.05, 4.69) is 34.6 Å². The number of anilines is 1. The van der Waals surface area contributed by atoms with Crippen molar-refractivity contribution in [2.45, 2.75) is 13.3 Å². The molecule has 18 heavy (non-hydrogen) atoms. The minimum atomic E-state index is -0.188. The largest absolute Gasteiger partial charge is 0.382 e. The quantitative estimate of drug-likeness (QED) is 0.757. The van der Waals surface area contributed by atoms with Gasteiger partial charge in [-0.25, -0.2) is 0 Å². The zero-order chi connectivity index (χ0) is 13.0. The highest BCUT2D eigenvalue weighted by Gasteiger charge is 2.07. The summed E-state index contributed by atoms with van der Waals surface area (Å²) in [7, 11) is 0. The number of carbonyl (C=O) groups is 1. The zero-order valence-electron chi connectivity index (χ0n) is 10.2. The Labute approximate surface area is 105 Å². The Kier molecular flexibility index (Phi) is 3.62. The monoisotopic (exact) mass is 244 g/mol. The van der Waals surface area contributed by atoms with Crippen LogP contribution in [0.25, 0.3) is 0 Å².